The van der Waals surface area contributed by atoms with Crippen LogP contribution in [0, 0.1) is 0 Å². The van der Waals surface area contributed by atoms with Gasteiger partial charge in [-0.2, -0.15) is 0 Å². The standard InChI is InChI=1S/C17H19N3O/c21-17(12-19-16-6-3-9-18-11-16)20-15-8-7-13-4-1-2-5-14(13)10-15/h1-6,9,11,15,19H,7-8,10,12H2,(H,20,21). The zero-order chi connectivity index (χ0) is 14.5. The Morgan fingerprint density at radius 1 is 1.19 bits per heavy atom. The molecule has 1 amide bonds. The summed E-state index contributed by atoms with van der Waals surface area (Å²) in [4.78, 5) is 16.0. The summed E-state index contributed by atoms with van der Waals surface area (Å²) in [5.41, 5.74) is 3.63. The van der Waals surface area contributed by atoms with E-state index >= 15 is 0 Å². The third-order valence-electron chi connectivity index (χ3n) is 3.83. The molecule has 0 spiro atoms. The van der Waals surface area contributed by atoms with Crippen LogP contribution in [0.15, 0.2) is 48.8 Å². The Morgan fingerprint density at radius 2 is 2.05 bits per heavy atom. The number of nitrogens with zero attached hydrogens (tertiary/aromatic N) is 1. The van der Waals surface area contributed by atoms with E-state index in [1.54, 1.807) is 12.4 Å². The number of pyridine rings is 1. The lowest BCUT2D eigenvalue weighted by Gasteiger charge is -2.25. The van der Waals surface area contributed by atoms with Crippen molar-refractivity contribution in [2.24, 2.45) is 0 Å². The molecule has 1 aliphatic carbocycles. The molecule has 108 valence electrons. The first-order valence-electron chi connectivity index (χ1n) is 7.31. The molecular weight excluding hydrogens is 262 g/mol. The molecule has 0 bridgehead atoms. The largest absolute Gasteiger partial charge is 0.375 e. The molecule has 1 heterocycles. The zero-order valence-electron chi connectivity index (χ0n) is 11.9. The number of carbonyl (C=O) groups excluding carboxylic acids is 1. The number of anilines is 1. The summed E-state index contributed by atoms with van der Waals surface area (Å²) in [5.74, 6) is 0.0308. The van der Waals surface area contributed by atoms with Crippen molar-refractivity contribution in [1.29, 1.82) is 0 Å². The minimum atomic E-state index is 0.0308. The van der Waals surface area contributed by atoms with E-state index in [1.807, 2.05) is 12.1 Å². The third-order valence-corrected chi connectivity index (χ3v) is 3.83. The average molecular weight is 281 g/mol. The van der Waals surface area contributed by atoms with Gasteiger partial charge in [-0.1, -0.05) is 24.3 Å². The smallest absolute Gasteiger partial charge is 0.239 e. The van der Waals surface area contributed by atoms with Crippen molar-refractivity contribution in [2.45, 2.75) is 25.3 Å². The van der Waals surface area contributed by atoms with Crippen LogP contribution in [0.1, 0.15) is 17.5 Å². The van der Waals surface area contributed by atoms with E-state index in [9.17, 15) is 4.79 Å². The predicted octanol–water partition coefficient (Wildman–Crippen LogP) is 2.17. The minimum absolute atomic E-state index is 0.0308. The Bertz CT molecular complexity index is 612. The lowest BCUT2D eigenvalue weighted by Crippen LogP contribution is -2.41. The molecule has 1 aromatic heterocycles. The first-order valence-corrected chi connectivity index (χ1v) is 7.31. The van der Waals surface area contributed by atoms with Gasteiger partial charge in [-0.3, -0.25) is 9.78 Å². The van der Waals surface area contributed by atoms with Gasteiger partial charge in [0.25, 0.3) is 0 Å². The molecule has 0 fully saturated rings. The summed E-state index contributed by atoms with van der Waals surface area (Å²) >= 11 is 0. The number of amides is 1. The van der Waals surface area contributed by atoms with Crippen molar-refractivity contribution in [3.63, 3.8) is 0 Å². The van der Waals surface area contributed by atoms with Gasteiger partial charge >= 0.3 is 0 Å². The van der Waals surface area contributed by atoms with Gasteiger partial charge < -0.3 is 10.6 Å². The molecule has 2 N–H and O–H groups in total. The molecule has 0 aliphatic heterocycles. The van der Waals surface area contributed by atoms with Gasteiger partial charge in [0.2, 0.25) is 5.91 Å². The lowest BCUT2D eigenvalue weighted by molar-refractivity contribution is -0.120. The van der Waals surface area contributed by atoms with Crippen molar-refractivity contribution in [2.75, 3.05) is 11.9 Å². The molecule has 0 saturated heterocycles. The van der Waals surface area contributed by atoms with Gasteiger partial charge in [-0.05, 0) is 42.5 Å². The van der Waals surface area contributed by atoms with Crippen LogP contribution in [0.5, 0.6) is 0 Å². The summed E-state index contributed by atoms with van der Waals surface area (Å²) in [6.45, 7) is 0.282. The van der Waals surface area contributed by atoms with Crippen LogP contribution >= 0.6 is 0 Å². The zero-order valence-corrected chi connectivity index (χ0v) is 11.9. The molecule has 0 saturated carbocycles. The molecule has 4 nitrogen and oxygen atoms in total. The van der Waals surface area contributed by atoms with E-state index in [0.29, 0.717) is 0 Å². The number of carbonyl (C=O) groups is 1. The number of benzene rings is 1. The highest BCUT2D eigenvalue weighted by molar-refractivity contribution is 5.80. The van der Waals surface area contributed by atoms with E-state index in [4.69, 9.17) is 0 Å². The molecule has 21 heavy (non-hydrogen) atoms. The fraction of sp³-hybridized carbons (Fsp3) is 0.294. The van der Waals surface area contributed by atoms with Crippen LogP contribution in [0.2, 0.25) is 0 Å². The molecule has 4 heteroatoms. The highest BCUT2D eigenvalue weighted by Crippen LogP contribution is 2.20. The lowest BCUT2D eigenvalue weighted by atomic mass is 9.88. The van der Waals surface area contributed by atoms with Crippen LogP contribution in [-0.4, -0.2) is 23.5 Å². The molecule has 3 rings (SSSR count). The maximum atomic E-state index is 12.0. The van der Waals surface area contributed by atoms with Crippen molar-refractivity contribution in [3.8, 4) is 0 Å². The van der Waals surface area contributed by atoms with Gasteiger partial charge in [-0.25, -0.2) is 0 Å². The summed E-state index contributed by atoms with van der Waals surface area (Å²) in [5, 5.41) is 6.19. The monoisotopic (exact) mass is 281 g/mol. The number of hydrogen-bond donors (Lipinski definition) is 2. The Labute approximate surface area is 124 Å². The predicted molar refractivity (Wildman–Crippen MR) is 83.1 cm³/mol. The van der Waals surface area contributed by atoms with Crippen LogP contribution in [0.4, 0.5) is 5.69 Å². The molecular formula is C17H19N3O. The van der Waals surface area contributed by atoms with Crippen molar-refractivity contribution < 1.29 is 4.79 Å². The summed E-state index contributed by atoms with van der Waals surface area (Å²) in [6.07, 6.45) is 6.40. The van der Waals surface area contributed by atoms with Gasteiger partial charge in [0.05, 0.1) is 12.2 Å². The highest BCUT2D eigenvalue weighted by atomic mass is 16.1. The molecule has 1 atom stereocenters. The Morgan fingerprint density at radius 3 is 2.86 bits per heavy atom. The van der Waals surface area contributed by atoms with Crippen LogP contribution in [-0.2, 0) is 17.6 Å². The number of aromatic nitrogens is 1. The van der Waals surface area contributed by atoms with Crippen LogP contribution in [0.3, 0.4) is 0 Å². The maximum Gasteiger partial charge on any atom is 0.239 e. The van der Waals surface area contributed by atoms with Crippen molar-refractivity contribution in [1.82, 2.24) is 10.3 Å². The second-order valence-corrected chi connectivity index (χ2v) is 5.37. The molecule has 1 aliphatic rings. The third kappa shape index (κ3) is 3.60. The van der Waals surface area contributed by atoms with E-state index in [2.05, 4.69) is 39.9 Å². The van der Waals surface area contributed by atoms with Gasteiger partial charge in [-0.15, -0.1) is 0 Å². The topological polar surface area (TPSA) is 54.0 Å². The highest BCUT2D eigenvalue weighted by Gasteiger charge is 2.19. The van der Waals surface area contributed by atoms with Gasteiger partial charge in [0.1, 0.15) is 0 Å². The summed E-state index contributed by atoms with van der Waals surface area (Å²) in [6, 6.07) is 12.5. The Balaban J connectivity index is 1.50. The number of aryl methyl sites for hydroxylation is 1. The molecule has 1 unspecified atom stereocenters. The van der Waals surface area contributed by atoms with Gasteiger partial charge in [0, 0.05) is 18.4 Å². The van der Waals surface area contributed by atoms with Crippen LogP contribution < -0.4 is 10.6 Å². The normalized spacial score (nSPS) is 16.9. The minimum Gasteiger partial charge on any atom is -0.375 e. The second kappa shape index (κ2) is 6.39. The van der Waals surface area contributed by atoms with E-state index in [-0.39, 0.29) is 18.5 Å². The second-order valence-electron chi connectivity index (χ2n) is 5.37. The van der Waals surface area contributed by atoms with E-state index in [1.165, 1.54) is 11.1 Å². The Kier molecular flexibility index (Phi) is 4.15. The average Bonchev–Trinajstić information content (AvgIpc) is 2.54. The van der Waals surface area contributed by atoms with E-state index in [0.717, 1.165) is 24.9 Å². The van der Waals surface area contributed by atoms with Crippen molar-refractivity contribution in [3.05, 3.63) is 59.9 Å². The molecule has 1 aromatic carbocycles. The number of rotatable bonds is 4. The maximum absolute atomic E-state index is 12.0. The van der Waals surface area contributed by atoms with Crippen molar-refractivity contribution >= 4 is 11.6 Å². The van der Waals surface area contributed by atoms with E-state index < -0.39 is 0 Å². The molecule has 0 radical (unpaired) electrons. The number of nitrogens with one attached hydrogen (secondary N) is 2. The fourth-order valence-corrected chi connectivity index (χ4v) is 2.75. The first-order chi connectivity index (χ1) is 10.3. The number of hydrogen-bond acceptors (Lipinski definition) is 3. The first kappa shape index (κ1) is 13.6. The SMILES string of the molecule is O=C(CNc1cccnc1)NC1CCc2ccccc2C1. The quantitative estimate of drug-likeness (QED) is 0.903. The van der Waals surface area contributed by atoms with Gasteiger partial charge in [0.15, 0.2) is 0 Å². The fourth-order valence-electron chi connectivity index (χ4n) is 2.75. The number of fused-ring (bicyclic) bond motifs is 1. The summed E-state index contributed by atoms with van der Waals surface area (Å²) < 4.78 is 0. The Hall–Kier alpha value is -2.36. The molecule has 2 aromatic rings. The van der Waals surface area contributed by atoms with Crippen LogP contribution in [0.25, 0.3) is 0 Å². The summed E-state index contributed by atoms with van der Waals surface area (Å²) in [7, 11) is 0.